The van der Waals surface area contributed by atoms with Crippen LogP contribution in [0.1, 0.15) is 22.5 Å². The lowest BCUT2D eigenvalue weighted by Crippen LogP contribution is -2.35. The Bertz CT molecular complexity index is 752. The Balaban J connectivity index is 1.71. The van der Waals surface area contributed by atoms with Gasteiger partial charge in [0.15, 0.2) is 0 Å². The summed E-state index contributed by atoms with van der Waals surface area (Å²) in [6.45, 7) is -0.264. The fourth-order valence-electron chi connectivity index (χ4n) is 2.61. The average Bonchev–Trinajstić information content (AvgIpc) is 3.01. The van der Waals surface area contributed by atoms with Crippen molar-refractivity contribution in [2.75, 3.05) is 13.1 Å². The van der Waals surface area contributed by atoms with Crippen LogP contribution in [0.15, 0.2) is 43.1 Å². The summed E-state index contributed by atoms with van der Waals surface area (Å²) in [6.07, 6.45) is 3.94. The molecule has 0 aliphatic carbocycles. The number of halogens is 3. The van der Waals surface area contributed by atoms with E-state index in [9.17, 15) is 18.0 Å². The van der Waals surface area contributed by atoms with E-state index in [-0.39, 0.29) is 11.6 Å². The van der Waals surface area contributed by atoms with Gasteiger partial charge in [-0.15, -0.1) is 0 Å². The first-order chi connectivity index (χ1) is 11.4. The van der Waals surface area contributed by atoms with Gasteiger partial charge in [-0.05, 0) is 23.6 Å². The molecule has 3 rings (SSSR count). The van der Waals surface area contributed by atoms with Gasteiger partial charge in [-0.3, -0.25) is 9.78 Å². The number of aromatic nitrogens is 3. The Hall–Kier alpha value is -2.64. The fourth-order valence-corrected chi connectivity index (χ4v) is 2.61. The van der Waals surface area contributed by atoms with Gasteiger partial charge in [0, 0.05) is 31.7 Å². The average molecular weight is 336 g/mol. The number of alkyl halides is 3. The summed E-state index contributed by atoms with van der Waals surface area (Å²) in [4.78, 5) is 21.9. The molecule has 1 amide bonds. The van der Waals surface area contributed by atoms with Crippen molar-refractivity contribution in [3.05, 3.63) is 54.4 Å². The van der Waals surface area contributed by atoms with Crippen molar-refractivity contribution < 1.29 is 18.0 Å². The lowest BCUT2D eigenvalue weighted by atomic mass is 10.0. The monoisotopic (exact) mass is 336 g/mol. The summed E-state index contributed by atoms with van der Waals surface area (Å²) < 4.78 is 38.0. The predicted octanol–water partition coefficient (Wildman–Crippen LogP) is 2.77. The third-order valence-corrected chi connectivity index (χ3v) is 3.68. The van der Waals surface area contributed by atoms with Crippen molar-refractivity contribution in [2.24, 2.45) is 0 Å². The number of pyridine rings is 1. The molecule has 0 aromatic carbocycles. The second-order valence-corrected chi connectivity index (χ2v) is 5.53. The molecule has 5 nitrogen and oxygen atoms in total. The van der Waals surface area contributed by atoms with Crippen molar-refractivity contribution in [1.82, 2.24) is 19.4 Å². The highest BCUT2D eigenvalue weighted by atomic mass is 19.4. The lowest BCUT2D eigenvalue weighted by Gasteiger charge is -2.27. The van der Waals surface area contributed by atoms with Gasteiger partial charge in [-0.2, -0.15) is 13.2 Å². The summed E-state index contributed by atoms with van der Waals surface area (Å²) in [5, 5.41) is 0. The van der Waals surface area contributed by atoms with Gasteiger partial charge in [0.05, 0.1) is 6.33 Å². The SMILES string of the molecule is O=C(c1cn(CC(F)(F)F)cn1)N1CCC=C(c2cccnc2)C1. The third kappa shape index (κ3) is 3.81. The van der Waals surface area contributed by atoms with Crippen LogP contribution in [0.2, 0.25) is 0 Å². The molecule has 24 heavy (non-hydrogen) atoms. The van der Waals surface area contributed by atoms with Gasteiger partial charge in [0.1, 0.15) is 12.2 Å². The molecule has 2 aromatic rings. The van der Waals surface area contributed by atoms with Crippen LogP contribution in [0.4, 0.5) is 13.2 Å². The largest absolute Gasteiger partial charge is 0.406 e. The first-order valence-electron chi connectivity index (χ1n) is 7.39. The van der Waals surface area contributed by atoms with E-state index < -0.39 is 12.7 Å². The van der Waals surface area contributed by atoms with Gasteiger partial charge < -0.3 is 9.47 Å². The van der Waals surface area contributed by atoms with Crippen molar-refractivity contribution in [3.63, 3.8) is 0 Å². The molecule has 0 fully saturated rings. The molecule has 0 saturated heterocycles. The summed E-state index contributed by atoms with van der Waals surface area (Å²) in [5.74, 6) is -0.370. The Morgan fingerprint density at radius 3 is 2.88 bits per heavy atom. The molecule has 2 aromatic heterocycles. The first-order valence-corrected chi connectivity index (χ1v) is 7.39. The second-order valence-electron chi connectivity index (χ2n) is 5.53. The van der Waals surface area contributed by atoms with Crippen LogP contribution >= 0.6 is 0 Å². The molecule has 0 bridgehead atoms. The highest BCUT2D eigenvalue weighted by Crippen LogP contribution is 2.22. The Morgan fingerprint density at radius 1 is 1.33 bits per heavy atom. The highest BCUT2D eigenvalue weighted by molar-refractivity contribution is 5.93. The van der Waals surface area contributed by atoms with E-state index in [0.717, 1.165) is 28.2 Å². The van der Waals surface area contributed by atoms with Crippen molar-refractivity contribution >= 4 is 11.5 Å². The number of hydrogen-bond acceptors (Lipinski definition) is 3. The van der Waals surface area contributed by atoms with E-state index in [2.05, 4.69) is 9.97 Å². The second kappa shape index (κ2) is 6.46. The molecular formula is C16H15F3N4O. The van der Waals surface area contributed by atoms with Crippen LogP contribution in [0.5, 0.6) is 0 Å². The van der Waals surface area contributed by atoms with Gasteiger partial charge in [-0.1, -0.05) is 12.1 Å². The zero-order chi connectivity index (χ0) is 17.2. The number of amides is 1. The highest BCUT2D eigenvalue weighted by Gasteiger charge is 2.29. The molecule has 8 heteroatoms. The minimum absolute atomic E-state index is 0.0201. The van der Waals surface area contributed by atoms with Crippen molar-refractivity contribution in [2.45, 2.75) is 19.1 Å². The number of rotatable bonds is 3. The third-order valence-electron chi connectivity index (χ3n) is 3.68. The summed E-state index contributed by atoms with van der Waals surface area (Å²) in [7, 11) is 0. The Labute approximate surface area is 136 Å². The minimum Gasteiger partial charge on any atom is -0.333 e. The molecule has 0 saturated carbocycles. The number of carbonyl (C=O) groups excluding carboxylic acids is 1. The smallest absolute Gasteiger partial charge is 0.333 e. The van der Waals surface area contributed by atoms with Gasteiger partial charge in [0.25, 0.3) is 5.91 Å². The molecule has 0 N–H and O–H groups in total. The van der Waals surface area contributed by atoms with E-state index in [1.165, 1.54) is 0 Å². The minimum atomic E-state index is -4.34. The van der Waals surface area contributed by atoms with E-state index >= 15 is 0 Å². The normalized spacial score (nSPS) is 15.3. The summed E-state index contributed by atoms with van der Waals surface area (Å²) in [6, 6.07) is 3.72. The molecule has 0 unspecified atom stereocenters. The van der Waals surface area contributed by atoms with Crippen LogP contribution in [0.3, 0.4) is 0 Å². The molecule has 126 valence electrons. The Morgan fingerprint density at radius 2 is 2.17 bits per heavy atom. The van der Waals surface area contributed by atoms with E-state index in [4.69, 9.17) is 0 Å². The maximum absolute atomic E-state index is 12.5. The van der Waals surface area contributed by atoms with Crippen LogP contribution in [-0.4, -0.2) is 44.6 Å². The standard InChI is InChI=1S/C16H15F3N4O/c17-16(18,19)10-22-9-14(21-11-22)15(24)23-6-2-4-13(8-23)12-3-1-5-20-7-12/h1,3-5,7,9,11H,2,6,8,10H2. The van der Waals surface area contributed by atoms with Crippen molar-refractivity contribution in [3.8, 4) is 0 Å². The molecule has 0 radical (unpaired) electrons. The number of imidazole rings is 1. The summed E-state index contributed by atoms with van der Waals surface area (Å²) >= 11 is 0. The molecule has 1 aliphatic heterocycles. The zero-order valence-corrected chi connectivity index (χ0v) is 12.7. The Kier molecular flexibility index (Phi) is 4.37. The molecule has 0 atom stereocenters. The maximum Gasteiger partial charge on any atom is 0.406 e. The van der Waals surface area contributed by atoms with Crippen LogP contribution in [-0.2, 0) is 6.54 Å². The van der Waals surface area contributed by atoms with Gasteiger partial charge in [-0.25, -0.2) is 4.98 Å². The van der Waals surface area contributed by atoms with E-state index in [1.54, 1.807) is 17.3 Å². The van der Waals surface area contributed by atoms with Crippen LogP contribution in [0, 0.1) is 0 Å². The van der Waals surface area contributed by atoms with Crippen molar-refractivity contribution in [1.29, 1.82) is 0 Å². The summed E-state index contributed by atoms with van der Waals surface area (Å²) in [5.41, 5.74) is 1.92. The number of nitrogens with zero attached hydrogens (tertiary/aromatic N) is 4. The molecule has 1 aliphatic rings. The zero-order valence-electron chi connectivity index (χ0n) is 12.7. The number of hydrogen-bond donors (Lipinski definition) is 0. The number of carbonyl (C=O) groups is 1. The van der Waals surface area contributed by atoms with Crippen LogP contribution < -0.4 is 0 Å². The predicted molar refractivity (Wildman–Crippen MR) is 81.0 cm³/mol. The van der Waals surface area contributed by atoms with Gasteiger partial charge in [0.2, 0.25) is 0 Å². The van der Waals surface area contributed by atoms with Crippen LogP contribution in [0.25, 0.3) is 5.57 Å². The first kappa shape index (κ1) is 16.2. The molecular weight excluding hydrogens is 321 g/mol. The fraction of sp³-hybridized carbons (Fsp3) is 0.312. The maximum atomic E-state index is 12.5. The molecule has 0 spiro atoms. The van der Waals surface area contributed by atoms with E-state index in [1.807, 2.05) is 18.2 Å². The topological polar surface area (TPSA) is 51.0 Å². The lowest BCUT2D eigenvalue weighted by molar-refractivity contribution is -0.140. The molecule has 3 heterocycles. The van der Waals surface area contributed by atoms with Gasteiger partial charge >= 0.3 is 6.18 Å². The quantitative estimate of drug-likeness (QED) is 0.866. The van der Waals surface area contributed by atoms with E-state index in [0.29, 0.717) is 19.5 Å².